The minimum atomic E-state index is -1.89. The maximum absolute atomic E-state index is 12.8. The van der Waals surface area contributed by atoms with Crippen molar-refractivity contribution in [3.63, 3.8) is 0 Å². The highest BCUT2D eigenvalue weighted by Gasteiger charge is 2.50. The molecule has 4 nitrogen and oxygen atoms in total. The lowest BCUT2D eigenvalue weighted by Gasteiger charge is -2.47. The van der Waals surface area contributed by atoms with Crippen molar-refractivity contribution >= 4 is 14.2 Å². The first-order valence-corrected chi connectivity index (χ1v) is 12.0. The van der Waals surface area contributed by atoms with E-state index in [0.717, 1.165) is 19.4 Å². The zero-order valence-electron chi connectivity index (χ0n) is 15.9. The molecule has 0 spiro atoms. The molecule has 2 fully saturated rings. The van der Waals surface area contributed by atoms with E-state index in [1.165, 1.54) is 0 Å². The highest BCUT2D eigenvalue weighted by atomic mass is 28.4. The first kappa shape index (κ1) is 18.9. The zero-order valence-corrected chi connectivity index (χ0v) is 16.9. The molecule has 0 aromatic carbocycles. The number of aliphatic hydroxyl groups excluding tert-OH is 1. The van der Waals surface area contributed by atoms with Gasteiger partial charge < -0.3 is 14.4 Å². The van der Waals surface area contributed by atoms with E-state index in [2.05, 4.69) is 33.9 Å². The number of amides is 1. The van der Waals surface area contributed by atoms with Crippen molar-refractivity contribution < 1.29 is 14.3 Å². The Bertz CT molecular complexity index is 444. The van der Waals surface area contributed by atoms with E-state index in [-0.39, 0.29) is 34.9 Å². The SMILES string of the molecule is CC(C)[C@H](O)[C@@H]1C[C@@H](O[Si](C)(C)C(C)(C)C)[C@@H]2CCCN2C1=O. The van der Waals surface area contributed by atoms with Crippen LogP contribution >= 0.6 is 0 Å². The van der Waals surface area contributed by atoms with Crippen LogP contribution in [0, 0.1) is 11.8 Å². The van der Waals surface area contributed by atoms with Crippen molar-refractivity contribution in [2.24, 2.45) is 11.8 Å². The Hall–Kier alpha value is -0.393. The number of hydrogen-bond donors (Lipinski definition) is 1. The molecule has 2 saturated heterocycles. The molecule has 1 N–H and O–H groups in total. The molecule has 0 radical (unpaired) electrons. The van der Waals surface area contributed by atoms with E-state index in [9.17, 15) is 9.90 Å². The second-order valence-corrected chi connectivity index (χ2v) is 14.0. The standard InChI is InChI=1S/C18H35NO3Si/c1-12(2)16(20)13-11-15(22-23(6,7)18(3,4)5)14-9-8-10-19(14)17(13)21/h12-16,20H,8-11H2,1-7H3/t13-,14-,15+,16-/m0/s1. The fraction of sp³-hybridized carbons (Fsp3) is 0.944. The van der Waals surface area contributed by atoms with E-state index in [1.807, 2.05) is 18.7 Å². The summed E-state index contributed by atoms with van der Waals surface area (Å²) in [4.78, 5) is 14.8. The smallest absolute Gasteiger partial charge is 0.228 e. The highest BCUT2D eigenvalue weighted by Crippen LogP contribution is 2.42. The number of hydrogen-bond acceptors (Lipinski definition) is 3. The minimum Gasteiger partial charge on any atom is -0.412 e. The van der Waals surface area contributed by atoms with Gasteiger partial charge in [-0.2, -0.15) is 0 Å². The van der Waals surface area contributed by atoms with E-state index in [1.54, 1.807) is 0 Å². The highest BCUT2D eigenvalue weighted by molar-refractivity contribution is 6.74. The molecule has 0 saturated carbocycles. The molecule has 0 aliphatic carbocycles. The average molecular weight is 342 g/mol. The molecule has 0 unspecified atom stereocenters. The molecule has 23 heavy (non-hydrogen) atoms. The van der Waals surface area contributed by atoms with Crippen LogP contribution < -0.4 is 0 Å². The number of fused-ring (bicyclic) bond motifs is 1. The molecule has 4 atom stereocenters. The van der Waals surface area contributed by atoms with E-state index in [0.29, 0.717) is 6.42 Å². The number of rotatable bonds is 4. The van der Waals surface area contributed by atoms with Crippen LogP contribution in [0.5, 0.6) is 0 Å². The second kappa shape index (κ2) is 6.49. The molecular formula is C18H35NO3Si. The van der Waals surface area contributed by atoms with Gasteiger partial charge in [-0.3, -0.25) is 4.79 Å². The van der Waals surface area contributed by atoms with Crippen LogP contribution in [0.15, 0.2) is 0 Å². The second-order valence-electron chi connectivity index (χ2n) is 9.23. The third kappa shape index (κ3) is 3.66. The van der Waals surface area contributed by atoms with Gasteiger partial charge in [0.15, 0.2) is 8.32 Å². The summed E-state index contributed by atoms with van der Waals surface area (Å²) >= 11 is 0. The lowest BCUT2D eigenvalue weighted by Crippen LogP contribution is -2.58. The first-order valence-electron chi connectivity index (χ1n) is 9.12. The normalized spacial score (nSPS) is 30.7. The Morgan fingerprint density at radius 3 is 2.43 bits per heavy atom. The van der Waals surface area contributed by atoms with Crippen molar-refractivity contribution in [1.82, 2.24) is 4.90 Å². The predicted molar refractivity (Wildman–Crippen MR) is 95.8 cm³/mol. The number of nitrogens with zero attached hydrogens (tertiary/aromatic N) is 1. The van der Waals surface area contributed by atoms with Gasteiger partial charge in [-0.1, -0.05) is 34.6 Å². The topological polar surface area (TPSA) is 49.8 Å². The predicted octanol–water partition coefficient (Wildman–Crippen LogP) is 3.40. The minimum absolute atomic E-state index is 0.0782. The third-order valence-corrected chi connectivity index (χ3v) is 10.7. The number of piperidine rings is 1. The molecule has 2 heterocycles. The van der Waals surface area contributed by atoms with Crippen LogP contribution in [0.1, 0.15) is 53.9 Å². The van der Waals surface area contributed by atoms with E-state index >= 15 is 0 Å². The van der Waals surface area contributed by atoms with E-state index < -0.39 is 14.4 Å². The van der Waals surface area contributed by atoms with Gasteiger partial charge in [-0.15, -0.1) is 0 Å². The summed E-state index contributed by atoms with van der Waals surface area (Å²) in [7, 11) is -1.89. The molecule has 0 aromatic rings. The first-order chi connectivity index (χ1) is 10.5. The van der Waals surface area contributed by atoms with Gasteiger partial charge in [0, 0.05) is 6.54 Å². The Morgan fingerprint density at radius 2 is 1.91 bits per heavy atom. The summed E-state index contributed by atoms with van der Waals surface area (Å²) in [6, 6.07) is 0.215. The van der Waals surface area contributed by atoms with Crippen molar-refractivity contribution in [3.8, 4) is 0 Å². The quantitative estimate of drug-likeness (QED) is 0.797. The molecule has 1 amide bonds. The van der Waals surface area contributed by atoms with E-state index in [4.69, 9.17) is 4.43 Å². The molecule has 0 bridgehead atoms. The Labute approximate surface area is 142 Å². The van der Waals surface area contributed by atoms with Gasteiger partial charge in [0.2, 0.25) is 5.91 Å². The summed E-state index contributed by atoms with van der Waals surface area (Å²) in [6.45, 7) is 16.1. The summed E-state index contributed by atoms with van der Waals surface area (Å²) in [5.41, 5.74) is 0. The average Bonchev–Trinajstić information content (AvgIpc) is 2.89. The van der Waals surface area contributed by atoms with Gasteiger partial charge in [0.1, 0.15) is 0 Å². The van der Waals surface area contributed by atoms with Gasteiger partial charge in [0.25, 0.3) is 0 Å². The fourth-order valence-corrected chi connectivity index (χ4v) is 4.97. The largest absolute Gasteiger partial charge is 0.412 e. The Balaban J connectivity index is 2.23. The van der Waals surface area contributed by atoms with Crippen molar-refractivity contribution in [3.05, 3.63) is 0 Å². The summed E-state index contributed by atoms with van der Waals surface area (Å²) < 4.78 is 6.70. The zero-order chi connectivity index (χ0) is 17.6. The molecule has 5 heteroatoms. The van der Waals surface area contributed by atoms with Crippen molar-refractivity contribution in [2.75, 3.05) is 6.54 Å². The summed E-state index contributed by atoms with van der Waals surface area (Å²) in [6.07, 6.45) is 2.27. The van der Waals surface area contributed by atoms with Gasteiger partial charge in [0.05, 0.1) is 24.2 Å². The molecule has 0 aromatic heterocycles. The Kier molecular flexibility index (Phi) is 5.34. The van der Waals surface area contributed by atoms with Gasteiger partial charge >= 0.3 is 0 Å². The van der Waals surface area contributed by atoms with Crippen molar-refractivity contribution in [2.45, 2.75) is 90.3 Å². The molecule has 2 aliphatic heterocycles. The Morgan fingerprint density at radius 1 is 1.30 bits per heavy atom. The van der Waals surface area contributed by atoms with Crippen LogP contribution in [0.25, 0.3) is 0 Å². The fourth-order valence-electron chi connectivity index (χ4n) is 3.61. The van der Waals surface area contributed by atoms with Crippen LogP contribution in [0.3, 0.4) is 0 Å². The summed E-state index contributed by atoms with van der Waals surface area (Å²) in [5, 5.41) is 10.7. The number of carbonyl (C=O) groups excluding carboxylic acids is 1. The van der Waals surface area contributed by atoms with Crippen LogP contribution in [0.2, 0.25) is 18.1 Å². The third-order valence-electron chi connectivity index (χ3n) is 6.16. The van der Waals surface area contributed by atoms with Crippen molar-refractivity contribution in [1.29, 1.82) is 0 Å². The van der Waals surface area contributed by atoms with Crippen LogP contribution in [-0.2, 0) is 9.22 Å². The van der Waals surface area contributed by atoms with Gasteiger partial charge in [-0.05, 0) is 43.3 Å². The lowest BCUT2D eigenvalue weighted by atomic mass is 9.82. The monoisotopic (exact) mass is 341 g/mol. The molecular weight excluding hydrogens is 306 g/mol. The molecule has 2 aliphatic rings. The summed E-state index contributed by atoms with van der Waals surface area (Å²) in [5.74, 6) is -0.0699. The number of carbonyl (C=O) groups is 1. The van der Waals surface area contributed by atoms with Crippen LogP contribution in [0.4, 0.5) is 0 Å². The maximum atomic E-state index is 12.8. The lowest BCUT2D eigenvalue weighted by molar-refractivity contribution is -0.152. The molecule has 134 valence electrons. The van der Waals surface area contributed by atoms with Crippen LogP contribution in [-0.4, -0.2) is 49.0 Å². The maximum Gasteiger partial charge on any atom is 0.228 e. The van der Waals surface area contributed by atoms with Gasteiger partial charge in [-0.25, -0.2) is 0 Å². The molecule has 2 rings (SSSR count). The number of aliphatic hydroxyl groups is 1.